The summed E-state index contributed by atoms with van der Waals surface area (Å²) < 4.78 is 0. The third-order valence-electron chi connectivity index (χ3n) is 7.27. The lowest BCUT2D eigenvalue weighted by molar-refractivity contribution is -0.125. The number of urea groups is 1. The van der Waals surface area contributed by atoms with Gasteiger partial charge in [0.05, 0.1) is 0 Å². The minimum absolute atomic E-state index is 0.0665. The molecule has 0 radical (unpaired) electrons. The zero-order valence-corrected chi connectivity index (χ0v) is 16.8. The number of piperidine rings is 2. The average molecular weight is 384 g/mol. The Morgan fingerprint density at radius 2 is 1.82 bits per heavy atom. The van der Waals surface area contributed by atoms with Crippen LogP contribution in [0.25, 0.3) is 0 Å². The Kier molecular flexibility index (Phi) is 5.61. The van der Waals surface area contributed by atoms with Crippen LogP contribution in [0.5, 0.6) is 0 Å². The second kappa shape index (κ2) is 8.14. The molecule has 1 atom stereocenters. The van der Waals surface area contributed by atoms with Gasteiger partial charge in [-0.3, -0.25) is 4.79 Å². The summed E-state index contributed by atoms with van der Waals surface area (Å²) in [6.45, 7) is 3.01. The second-order valence-electron chi connectivity index (χ2n) is 9.17. The maximum absolute atomic E-state index is 13.0. The molecule has 3 fully saturated rings. The first-order valence-electron chi connectivity index (χ1n) is 11.0. The molecular weight excluding hydrogens is 350 g/mol. The molecule has 3 aliphatic rings. The molecule has 1 aromatic carbocycles. The highest BCUT2D eigenvalue weighted by Crippen LogP contribution is 2.39. The van der Waals surface area contributed by atoms with Crippen molar-refractivity contribution in [1.29, 1.82) is 0 Å². The lowest BCUT2D eigenvalue weighted by atomic mass is 9.69. The van der Waals surface area contributed by atoms with E-state index in [0.717, 1.165) is 51.7 Å². The largest absolute Gasteiger partial charge is 0.355 e. The number of benzene rings is 1. The molecule has 3 amide bonds. The zero-order valence-electron chi connectivity index (χ0n) is 16.8. The maximum Gasteiger partial charge on any atom is 0.317 e. The van der Waals surface area contributed by atoms with Gasteiger partial charge >= 0.3 is 6.03 Å². The quantitative estimate of drug-likeness (QED) is 0.838. The van der Waals surface area contributed by atoms with Gasteiger partial charge in [-0.1, -0.05) is 49.6 Å². The van der Waals surface area contributed by atoms with Gasteiger partial charge in [0.25, 0.3) is 0 Å². The smallest absolute Gasteiger partial charge is 0.317 e. The van der Waals surface area contributed by atoms with Crippen molar-refractivity contribution in [3.63, 3.8) is 0 Å². The van der Waals surface area contributed by atoms with E-state index >= 15 is 0 Å². The second-order valence-corrected chi connectivity index (χ2v) is 9.17. The van der Waals surface area contributed by atoms with Crippen molar-refractivity contribution in [3.8, 4) is 0 Å². The Bertz CT molecular complexity index is 687. The van der Waals surface area contributed by atoms with Crippen molar-refractivity contribution in [2.75, 3.05) is 26.2 Å². The van der Waals surface area contributed by atoms with Crippen LogP contribution in [0.15, 0.2) is 30.3 Å². The number of nitrogens with zero attached hydrogens (tertiary/aromatic N) is 1. The van der Waals surface area contributed by atoms with Gasteiger partial charge in [0.2, 0.25) is 5.91 Å². The number of nitrogens with one attached hydrogen (secondary N) is 2. The summed E-state index contributed by atoms with van der Waals surface area (Å²) in [6, 6.07) is 10.8. The molecular formula is C23H33N3O2. The van der Waals surface area contributed by atoms with E-state index in [0.29, 0.717) is 13.0 Å². The summed E-state index contributed by atoms with van der Waals surface area (Å²) in [6.07, 6.45) is 9.67. The van der Waals surface area contributed by atoms with Crippen LogP contribution in [0.3, 0.4) is 0 Å². The maximum atomic E-state index is 13.0. The molecule has 2 heterocycles. The molecule has 2 saturated heterocycles. The van der Waals surface area contributed by atoms with Gasteiger partial charge in [0, 0.05) is 43.4 Å². The number of hydrogen-bond donors (Lipinski definition) is 2. The van der Waals surface area contributed by atoms with Gasteiger partial charge in [-0.15, -0.1) is 0 Å². The van der Waals surface area contributed by atoms with E-state index in [-0.39, 0.29) is 22.8 Å². The summed E-state index contributed by atoms with van der Waals surface area (Å²) in [4.78, 5) is 26.6. The van der Waals surface area contributed by atoms with Gasteiger partial charge in [-0.25, -0.2) is 4.79 Å². The number of carbonyl (C=O) groups excluding carboxylic acids is 2. The first kappa shape index (κ1) is 19.3. The normalized spacial score (nSPS) is 27.3. The first-order valence-corrected chi connectivity index (χ1v) is 11.0. The third-order valence-corrected chi connectivity index (χ3v) is 7.27. The molecule has 0 aromatic heterocycles. The van der Waals surface area contributed by atoms with E-state index < -0.39 is 0 Å². The molecule has 5 nitrogen and oxygen atoms in total. The van der Waals surface area contributed by atoms with E-state index in [1.807, 2.05) is 4.90 Å². The molecule has 1 saturated carbocycles. The molecule has 0 unspecified atom stereocenters. The van der Waals surface area contributed by atoms with Crippen LogP contribution < -0.4 is 10.6 Å². The predicted octanol–water partition coefficient (Wildman–Crippen LogP) is 3.59. The number of hydrogen-bond acceptors (Lipinski definition) is 2. The van der Waals surface area contributed by atoms with E-state index in [2.05, 4.69) is 41.0 Å². The summed E-state index contributed by atoms with van der Waals surface area (Å²) in [7, 11) is 0. The van der Waals surface area contributed by atoms with Gasteiger partial charge in [-0.05, 0) is 37.7 Å². The minimum atomic E-state index is 0.0665. The lowest BCUT2D eigenvalue weighted by Crippen LogP contribution is -2.56. The molecule has 5 heteroatoms. The molecule has 152 valence electrons. The van der Waals surface area contributed by atoms with Crippen molar-refractivity contribution in [1.82, 2.24) is 15.5 Å². The number of likely N-dealkylation sites (tertiary alicyclic amines) is 1. The topological polar surface area (TPSA) is 61.4 Å². The van der Waals surface area contributed by atoms with Crippen LogP contribution in [0, 0.1) is 5.41 Å². The highest BCUT2D eigenvalue weighted by atomic mass is 16.2. The Hall–Kier alpha value is -2.04. The number of carbonyl (C=O) groups is 2. The Balaban J connectivity index is 1.40. The molecule has 1 aromatic rings. The monoisotopic (exact) mass is 383 g/mol. The number of amides is 3. The lowest BCUT2D eigenvalue weighted by Gasteiger charge is -2.45. The molecule has 2 N–H and O–H groups in total. The van der Waals surface area contributed by atoms with Crippen molar-refractivity contribution in [3.05, 3.63) is 35.9 Å². The van der Waals surface area contributed by atoms with E-state index in [1.165, 1.54) is 24.8 Å². The van der Waals surface area contributed by atoms with Crippen molar-refractivity contribution < 1.29 is 9.59 Å². The van der Waals surface area contributed by atoms with Crippen LogP contribution in [-0.4, -0.2) is 43.0 Å². The standard InChI is InChI=1S/C23H33N3O2/c27-20-10-14-22(16-24-20)11-7-15-26(18-22)21(28)25-17-23(12-5-2-6-13-23)19-8-3-1-4-9-19/h1,3-4,8-9H,2,5-7,10-18H2,(H,24,27)(H,25,28)/t22-/m0/s1. The molecule has 1 spiro atoms. The molecule has 2 aliphatic heterocycles. The fraction of sp³-hybridized carbons (Fsp3) is 0.652. The summed E-state index contributed by atoms with van der Waals surface area (Å²) in [5.41, 5.74) is 1.51. The third kappa shape index (κ3) is 4.03. The van der Waals surface area contributed by atoms with E-state index in [1.54, 1.807) is 0 Å². The number of rotatable bonds is 3. The summed E-state index contributed by atoms with van der Waals surface area (Å²) in [5, 5.41) is 6.31. The van der Waals surface area contributed by atoms with Crippen molar-refractivity contribution in [2.24, 2.45) is 5.41 Å². The zero-order chi connectivity index (χ0) is 19.5. The van der Waals surface area contributed by atoms with Crippen molar-refractivity contribution in [2.45, 2.75) is 63.2 Å². The van der Waals surface area contributed by atoms with Gasteiger partial charge in [0.1, 0.15) is 0 Å². The van der Waals surface area contributed by atoms with Crippen LogP contribution in [0.2, 0.25) is 0 Å². The highest BCUT2D eigenvalue weighted by Gasteiger charge is 2.40. The highest BCUT2D eigenvalue weighted by molar-refractivity contribution is 5.77. The average Bonchev–Trinajstić information content (AvgIpc) is 2.76. The molecule has 1 aliphatic carbocycles. The van der Waals surface area contributed by atoms with E-state index in [4.69, 9.17) is 0 Å². The molecule has 0 bridgehead atoms. The SMILES string of the molecule is O=C1CC[C@@]2(CCCN(C(=O)NCC3(c4ccccc4)CCCCC3)C2)CN1. The van der Waals surface area contributed by atoms with Crippen LogP contribution in [0.4, 0.5) is 4.79 Å². The van der Waals surface area contributed by atoms with Crippen LogP contribution >= 0.6 is 0 Å². The Morgan fingerprint density at radius 3 is 2.54 bits per heavy atom. The van der Waals surface area contributed by atoms with Crippen LogP contribution in [-0.2, 0) is 10.2 Å². The van der Waals surface area contributed by atoms with Gasteiger partial charge in [-0.2, -0.15) is 0 Å². The summed E-state index contributed by atoms with van der Waals surface area (Å²) in [5.74, 6) is 0.148. The van der Waals surface area contributed by atoms with Gasteiger partial charge < -0.3 is 15.5 Å². The fourth-order valence-electron chi connectivity index (χ4n) is 5.52. The van der Waals surface area contributed by atoms with Crippen LogP contribution in [0.1, 0.15) is 63.4 Å². The Labute approximate surface area is 168 Å². The predicted molar refractivity (Wildman–Crippen MR) is 110 cm³/mol. The molecule has 28 heavy (non-hydrogen) atoms. The van der Waals surface area contributed by atoms with Crippen molar-refractivity contribution >= 4 is 11.9 Å². The molecule has 4 rings (SSSR count). The minimum Gasteiger partial charge on any atom is -0.355 e. The fourth-order valence-corrected chi connectivity index (χ4v) is 5.52. The van der Waals surface area contributed by atoms with E-state index in [9.17, 15) is 9.59 Å². The summed E-state index contributed by atoms with van der Waals surface area (Å²) >= 11 is 0. The first-order chi connectivity index (χ1) is 13.6. The van der Waals surface area contributed by atoms with Gasteiger partial charge in [0.15, 0.2) is 0 Å². The Morgan fingerprint density at radius 1 is 1.04 bits per heavy atom.